The third-order valence-electron chi connectivity index (χ3n) is 7.68. The van der Waals surface area contributed by atoms with E-state index in [0.717, 1.165) is 41.9 Å². The molecule has 1 aliphatic carbocycles. The highest BCUT2D eigenvalue weighted by Gasteiger charge is 2.66. The number of hydrogen-bond donors (Lipinski definition) is 2. The number of ether oxygens (including phenoxy) is 2. The van der Waals surface area contributed by atoms with E-state index >= 15 is 0 Å². The van der Waals surface area contributed by atoms with E-state index in [1.54, 1.807) is 14.2 Å². The van der Waals surface area contributed by atoms with Crippen molar-refractivity contribution in [1.29, 1.82) is 0 Å². The van der Waals surface area contributed by atoms with Crippen LogP contribution in [-0.4, -0.2) is 43.6 Å². The first kappa shape index (κ1) is 20.8. The molecule has 2 aromatic carbocycles. The number of methoxy groups -OCH3 is 2. The molecule has 168 valence electrons. The van der Waals surface area contributed by atoms with Crippen molar-refractivity contribution in [3.8, 4) is 11.5 Å². The first-order chi connectivity index (χ1) is 15.5. The minimum Gasteiger partial charge on any atom is -0.497 e. The van der Waals surface area contributed by atoms with Crippen molar-refractivity contribution in [1.82, 2.24) is 15.5 Å². The topological polar surface area (TPSA) is 79.9 Å². The van der Waals surface area contributed by atoms with Gasteiger partial charge in [-0.1, -0.05) is 30.7 Å². The van der Waals surface area contributed by atoms with Crippen molar-refractivity contribution in [3.63, 3.8) is 0 Å². The average molecular weight is 436 g/mol. The van der Waals surface area contributed by atoms with Crippen molar-refractivity contribution in [2.45, 2.75) is 36.9 Å². The summed E-state index contributed by atoms with van der Waals surface area (Å²) in [6.45, 7) is 0. The number of rotatable bonds is 4. The van der Waals surface area contributed by atoms with Gasteiger partial charge in [-0.2, -0.15) is 0 Å². The van der Waals surface area contributed by atoms with Crippen LogP contribution in [0.1, 0.15) is 42.5 Å². The molecule has 3 fully saturated rings. The largest absolute Gasteiger partial charge is 0.497 e. The summed E-state index contributed by atoms with van der Waals surface area (Å²) in [6.07, 6.45) is 2.77. The van der Waals surface area contributed by atoms with E-state index in [-0.39, 0.29) is 29.8 Å². The van der Waals surface area contributed by atoms with Crippen LogP contribution in [-0.2, 0) is 4.79 Å². The first-order valence-electron chi connectivity index (χ1n) is 11.1. The summed E-state index contributed by atoms with van der Waals surface area (Å²) in [5.41, 5.74) is 1.31. The van der Waals surface area contributed by atoms with Gasteiger partial charge in [0.2, 0.25) is 0 Å². The maximum absolute atomic E-state index is 13.4. The number of carbonyl (C=O) groups excluding carboxylic acids is 2. The third kappa shape index (κ3) is 2.98. The number of urea groups is 1. The Balaban J connectivity index is 1.66. The SMILES string of the molecule is COc1ccc([C@H]2[C@@H]3CCC[C@@H]([C@H](c4ccc(OC)cc4)N2C)C32NC(=O)NC2=O)cc1. The van der Waals surface area contributed by atoms with Crippen LogP contribution in [0, 0.1) is 11.8 Å². The maximum Gasteiger partial charge on any atom is 0.322 e. The summed E-state index contributed by atoms with van der Waals surface area (Å²) in [7, 11) is 5.44. The minimum absolute atomic E-state index is 0.0272. The van der Waals surface area contributed by atoms with E-state index in [4.69, 9.17) is 9.47 Å². The molecule has 4 atom stereocenters. The Hall–Kier alpha value is -3.06. The van der Waals surface area contributed by atoms with Crippen molar-refractivity contribution in [3.05, 3.63) is 59.7 Å². The molecule has 2 saturated heterocycles. The van der Waals surface area contributed by atoms with Crippen LogP contribution < -0.4 is 20.1 Å². The van der Waals surface area contributed by atoms with Crippen LogP contribution in [0.15, 0.2) is 48.5 Å². The molecule has 3 aliphatic rings. The number of imide groups is 1. The average Bonchev–Trinajstić information content (AvgIpc) is 3.09. The van der Waals surface area contributed by atoms with Crippen LogP contribution in [0.4, 0.5) is 4.79 Å². The van der Waals surface area contributed by atoms with E-state index in [0.29, 0.717) is 0 Å². The summed E-state index contributed by atoms with van der Waals surface area (Å²) in [4.78, 5) is 28.2. The fourth-order valence-electron chi connectivity index (χ4n) is 6.38. The number of nitrogens with one attached hydrogen (secondary N) is 2. The van der Waals surface area contributed by atoms with Crippen molar-refractivity contribution in [2.75, 3.05) is 21.3 Å². The molecule has 7 heteroatoms. The van der Waals surface area contributed by atoms with Gasteiger partial charge in [-0.3, -0.25) is 15.0 Å². The lowest BCUT2D eigenvalue weighted by Crippen LogP contribution is -2.69. The molecule has 2 N–H and O–H groups in total. The van der Waals surface area contributed by atoms with Crippen molar-refractivity contribution in [2.24, 2.45) is 11.8 Å². The van der Waals surface area contributed by atoms with Gasteiger partial charge in [0.15, 0.2) is 0 Å². The molecule has 2 bridgehead atoms. The molecule has 7 nitrogen and oxygen atoms in total. The molecular weight excluding hydrogens is 406 g/mol. The van der Waals surface area contributed by atoms with E-state index in [2.05, 4.69) is 46.8 Å². The summed E-state index contributed by atoms with van der Waals surface area (Å²) in [6, 6.07) is 15.7. The molecule has 2 aromatic rings. The summed E-state index contributed by atoms with van der Waals surface area (Å²) in [5, 5.41) is 5.66. The van der Waals surface area contributed by atoms with Gasteiger partial charge < -0.3 is 14.8 Å². The summed E-state index contributed by atoms with van der Waals surface area (Å²) >= 11 is 0. The molecule has 5 rings (SSSR count). The highest BCUT2D eigenvalue weighted by atomic mass is 16.5. The summed E-state index contributed by atoms with van der Waals surface area (Å²) in [5.74, 6) is 1.34. The molecule has 0 aromatic heterocycles. The highest BCUT2D eigenvalue weighted by Crippen LogP contribution is 2.58. The van der Waals surface area contributed by atoms with Gasteiger partial charge in [-0.15, -0.1) is 0 Å². The molecule has 1 saturated carbocycles. The van der Waals surface area contributed by atoms with E-state index in [9.17, 15) is 9.59 Å². The van der Waals surface area contributed by atoms with E-state index in [1.807, 2.05) is 24.3 Å². The molecule has 1 spiro atoms. The van der Waals surface area contributed by atoms with Gasteiger partial charge in [-0.25, -0.2) is 4.79 Å². The van der Waals surface area contributed by atoms with Crippen LogP contribution in [0.25, 0.3) is 0 Å². The zero-order valence-corrected chi connectivity index (χ0v) is 18.6. The van der Waals surface area contributed by atoms with Crippen LogP contribution in [0.5, 0.6) is 11.5 Å². The van der Waals surface area contributed by atoms with Gasteiger partial charge in [0.05, 0.1) is 14.2 Å². The maximum atomic E-state index is 13.4. The molecule has 3 amide bonds. The number of piperidine rings is 1. The fourth-order valence-corrected chi connectivity index (χ4v) is 6.38. The number of likely N-dealkylation sites (tertiary alicyclic amines) is 1. The number of amides is 3. The summed E-state index contributed by atoms with van der Waals surface area (Å²) < 4.78 is 10.7. The standard InChI is InChI=1S/C25H29N3O4/c1-28-21(15-7-11-17(31-2)12-8-15)19-5-4-6-20(25(19)23(29)26-24(30)27-25)22(28)16-9-13-18(32-3)14-10-16/h7-14,19-22H,4-6H2,1-3H3,(H2,26,27,29,30)/t19-,20-,21-,22-/m0/s1. The smallest absolute Gasteiger partial charge is 0.322 e. The number of nitrogens with zero attached hydrogens (tertiary/aromatic N) is 1. The number of benzene rings is 2. The number of carbonyl (C=O) groups is 2. The lowest BCUT2D eigenvalue weighted by atomic mass is 9.56. The molecule has 0 radical (unpaired) electrons. The Labute approximate surface area is 188 Å². The van der Waals surface area contributed by atoms with Gasteiger partial charge in [0, 0.05) is 23.9 Å². The second-order valence-corrected chi connectivity index (χ2v) is 9.02. The lowest BCUT2D eigenvalue weighted by molar-refractivity contribution is -0.144. The third-order valence-corrected chi connectivity index (χ3v) is 7.68. The predicted molar refractivity (Wildman–Crippen MR) is 119 cm³/mol. The Morgan fingerprint density at radius 1 is 0.844 bits per heavy atom. The van der Waals surface area contributed by atoms with Gasteiger partial charge >= 0.3 is 6.03 Å². The van der Waals surface area contributed by atoms with Crippen molar-refractivity contribution < 1.29 is 19.1 Å². The second kappa shape index (κ2) is 7.81. The van der Waals surface area contributed by atoms with Gasteiger partial charge in [0.25, 0.3) is 5.91 Å². The first-order valence-corrected chi connectivity index (χ1v) is 11.1. The van der Waals surface area contributed by atoms with Crippen LogP contribution >= 0.6 is 0 Å². The van der Waals surface area contributed by atoms with Crippen LogP contribution in [0.3, 0.4) is 0 Å². The number of hydrogen-bond acceptors (Lipinski definition) is 5. The lowest BCUT2D eigenvalue weighted by Gasteiger charge is -2.59. The Bertz CT molecular complexity index is 957. The second-order valence-electron chi connectivity index (χ2n) is 9.02. The van der Waals surface area contributed by atoms with E-state index < -0.39 is 11.6 Å². The Morgan fingerprint density at radius 3 is 1.69 bits per heavy atom. The van der Waals surface area contributed by atoms with E-state index in [1.165, 1.54) is 0 Å². The zero-order chi connectivity index (χ0) is 22.5. The Kier molecular flexibility index (Phi) is 5.08. The van der Waals surface area contributed by atoms with Crippen molar-refractivity contribution >= 4 is 11.9 Å². The molecule has 32 heavy (non-hydrogen) atoms. The Morgan fingerprint density at radius 2 is 1.31 bits per heavy atom. The van der Waals surface area contributed by atoms with Gasteiger partial charge in [-0.05, 0) is 55.3 Å². The molecule has 2 heterocycles. The minimum atomic E-state index is -0.920. The zero-order valence-electron chi connectivity index (χ0n) is 18.6. The van der Waals surface area contributed by atoms with Crippen LogP contribution in [0.2, 0.25) is 0 Å². The molecular formula is C25H29N3O4. The molecule has 0 unspecified atom stereocenters. The normalized spacial score (nSPS) is 31.8. The fraction of sp³-hybridized carbons (Fsp3) is 0.440. The predicted octanol–water partition coefficient (Wildman–Crippen LogP) is 3.43. The monoisotopic (exact) mass is 435 g/mol. The van der Waals surface area contributed by atoms with Gasteiger partial charge in [0.1, 0.15) is 17.0 Å². The highest BCUT2D eigenvalue weighted by molar-refractivity contribution is 6.07. The molecule has 2 aliphatic heterocycles. The quantitative estimate of drug-likeness (QED) is 0.720.